The lowest BCUT2D eigenvalue weighted by atomic mass is 10.1. The number of thioether (sulfide) groups is 1. The molecule has 0 radical (unpaired) electrons. The summed E-state index contributed by atoms with van der Waals surface area (Å²) in [4.78, 5) is 26.3. The summed E-state index contributed by atoms with van der Waals surface area (Å²) in [7, 11) is 1.59. The second kappa shape index (κ2) is 17.6. The molecule has 2 N–H and O–H groups in total. The number of hydrogen-bond acceptors (Lipinski definition) is 6. The van der Waals surface area contributed by atoms with Crippen LogP contribution in [-0.2, 0) is 16.0 Å². The number of carbonyl (C=O) groups is 2. The quantitative estimate of drug-likeness (QED) is 0.226. The smallest absolute Gasteiger partial charge is 0.333 e. The van der Waals surface area contributed by atoms with Crippen LogP contribution in [-0.4, -0.2) is 73.0 Å². The van der Waals surface area contributed by atoms with E-state index in [-0.39, 0.29) is 12.5 Å². The van der Waals surface area contributed by atoms with Crippen molar-refractivity contribution in [2.45, 2.75) is 52.6 Å². The van der Waals surface area contributed by atoms with E-state index in [1.54, 1.807) is 18.9 Å². The number of benzene rings is 2. The predicted octanol–water partition coefficient (Wildman–Crippen LogP) is 5.87. The zero-order chi connectivity index (χ0) is 27.8. The monoisotopic (exact) mass is 546 g/mol. The molecule has 2 rings (SSSR count). The van der Waals surface area contributed by atoms with Crippen molar-refractivity contribution in [1.82, 2.24) is 4.90 Å². The number of nitrogens with one attached hydrogen (secondary N) is 1. The molecule has 0 aromatic heterocycles. The number of carboxylic acids is 1. The minimum absolute atomic E-state index is 0.197. The SMILES string of the molecule is CCCCCSCCN(CCOc1ccc(CC(OCC)C(=O)O)cc1)C(=O)Nc1cc(C)ccc1OC. The van der Waals surface area contributed by atoms with Crippen LogP contribution in [0.3, 0.4) is 0 Å². The van der Waals surface area contributed by atoms with Gasteiger partial charge in [-0.05, 0) is 61.4 Å². The maximum absolute atomic E-state index is 13.2. The van der Waals surface area contributed by atoms with Crippen LogP contribution in [0.15, 0.2) is 42.5 Å². The van der Waals surface area contributed by atoms with Crippen molar-refractivity contribution in [3.63, 3.8) is 0 Å². The molecule has 0 bridgehead atoms. The number of carboxylic acid groups (broad SMARTS) is 1. The minimum atomic E-state index is -0.975. The number of unbranched alkanes of at least 4 members (excludes halogenated alkanes) is 2. The number of ether oxygens (including phenoxy) is 3. The van der Waals surface area contributed by atoms with Crippen LogP contribution >= 0.6 is 11.8 Å². The summed E-state index contributed by atoms with van der Waals surface area (Å²) in [6.45, 7) is 7.63. The van der Waals surface area contributed by atoms with E-state index in [2.05, 4.69) is 12.2 Å². The van der Waals surface area contributed by atoms with Crippen molar-refractivity contribution in [3.05, 3.63) is 53.6 Å². The lowest BCUT2D eigenvalue weighted by Gasteiger charge is -2.24. The zero-order valence-electron chi connectivity index (χ0n) is 23.0. The summed E-state index contributed by atoms with van der Waals surface area (Å²) in [6, 6.07) is 12.8. The predicted molar refractivity (Wildman–Crippen MR) is 154 cm³/mol. The Morgan fingerprint density at radius 2 is 1.82 bits per heavy atom. The van der Waals surface area contributed by atoms with E-state index in [0.717, 1.165) is 22.6 Å². The Hall–Kier alpha value is -2.91. The van der Waals surface area contributed by atoms with E-state index in [4.69, 9.17) is 14.2 Å². The lowest BCUT2D eigenvalue weighted by Crippen LogP contribution is -2.39. The molecule has 1 unspecified atom stereocenters. The van der Waals surface area contributed by atoms with Crippen LogP contribution in [0.1, 0.15) is 44.2 Å². The lowest BCUT2D eigenvalue weighted by molar-refractivity contribution is -0.149. The number of aryl methyl sites for hydroxylation is 1. The van der Waals surface area contributed by atoms with Crippen molar-refractivity contribution in [1.29, 1.82) is 0 Å². The molecule has 1 atom stereocenters. The number of methoxy groups -OCH3 is 1. The van der Waals surface area contributed by atoms with Crippen LogP contribution in [0.2, 0.25) is 0 Å². The Balaban J connectivity index is 1.96. The number of anilines is 1. The molecule has 38 heavy (non-hydrogen) atoms. The molecule has 0 spiro atoms. The number of amides is 2. The van der Waals surface area contributed by atoms with Gasteiger partial charge in [0.05, 0.1) is 19.3 Å². The first-order valence-corrected chi connectivity index (χ1v) is 14.4. The highest BCUT2D eigenvalue weighted by Crippen LogP contribution is 2.25. The van der Waals surface area contributed by atoms with Crippen LogP contribution < -0.4 is 14.8 Å². The van der Waals surface area contributed by atoms with Crippen molar-refractivity contribution < 1.29 is 28.9 Å². The first-order valence-electron chi connectivity index (χ1n) is 13.2. The van der Waals surface area contributed by atoms with E-state index in [9.17, 15) is 14.7 Å². The van der Waals surface area contributed by atoms with Gasteiger partial charge in [0.2, 0.25) is 0 Å². The standard InChI is InChI=1S/C29H42N2O6S/c1-5-7-8-18-38-19-16-31(29(34)30-25-20-22(3)9-14-26(25)35-4)15-17-37-24-12-10-23(11-13-24)21-27(28(32)33)36-6-2/h9-14,20,27H,5-8,15-19,21H2,1-4H3,(H,30,34)(H,32,33). The average molecular weight is 547 g/mol. The van der Waals surface area contributed by atoms with E-state index < -0.39 is 12.1 Å². The van der Waals surface area contributed by atoms with Gasteiger partial charge in [-0.2, -0.15) is 11.8 Å². The van der Waals surface area contributed by atoms with Crippen molar-refractivity contribution in [2.75, 3.05) is 50.2 Å². The second-order valence-corrected chi connectivity index (χ2v) is 10.1. The van der Waals surface area contributed by atoms with E-state index in [1.807, 2.05) is 61.2 Å². The summed E-state index contributed by atoms with van der Waals surface area (Å²) in [6.07, 6.45) is 3.02. The van der Waals surface area contributed by atoms with Gasteiger partial charge in [-0.15, -0.1) is 0 Å². The number of aliphatic carboxylic acids is 1. The molecular formula is C29H42N2O6S. The molecular weight excluding hydrogens is 504 g/mol. The van der Waals surface area contributed by atoms with E-state index >= 15 is 0 Å². The minimum Gasteiger partial charge on any atom is -0.495 e. The third-order valence-electron chi connectivity index (χ3n) is 5.90. The Labute approximate surface area is 231 Å². The molecule has 0 aliphatic heterocycles. The van der Waals surface area contributed by atoms with Crippen LogP contribution in [0.25, 0.3) is 0 Å². The zero-order valence-corrected chi connectivity index (χ0v) is 23.9. The first kappa shape index (κ1) is 31.3. The maximum Gasteiger partial charge on any atom is 0.333 e. The number of rotatable bonds is 18. The Morgan fingerprint density at radius 1 is 1.05 bits per heavy atom. The highest BCUT2D eigenvalue weighted by atomic mass is 32.2. The van der Waals surface area contributed by atoms with Gasteiger partial charge in [0.15, 0.2) is 6.10 Å². The fraction of sp³-hybridized carbons (Fsp3) is 0.517. The fourth-order valence-electron chi connectivity index (χ4n) is 3.79. The van der Waals surface area contributed by atoms with Crippen molar-refractivity contribution >= 4 is 29.4 Å². The van der Waals surface area contributed by atoms with Gasteiger partial charge in [0.25, 0.3) is 0 Å². The molecule has 0 saturated carbocycles. The van der Waals surface area contributed by atoms with Crippen LogP contribution in [0, 0.1) is 6.92 Å². The van der Waals surface area contributed by atoms with Gasteiger partial charge in [-0.3, -0.25) is 0 Å². The molecule has 0 aliphatic rings. The summed E-state index contributed by atoms with van der Waals surface area (Å²) < 4.78 is 16.6. The van der Waals surface area contributed by atoms with Crippen molar-refractivity contribution in [3.8, 4) is 11.5 Å². The molecule has 8 nitrogen and oxygen atoms in total. The van der Waals surface area contributed by atoms with Gasteiger partial charge in [0.1, 0.15) is 18.1 Å². The van der Waals surface area contributed by atoms with Gasteiger partial charge < -0.3 is 29.5 Å². The molecule has 2 aromatic carbocycles. The summed E-state index contributed by atoms with van der Waals surface area (Å²) in [5.74, 6) is 2.23. The molecule has 0 heterocycles. The molecule has 0 aliphatic carbocycles. The summed E-state index contributed by atoms with van der Waals surface area (Å²) in [5, 5.41) is 12.3. The van der Waals surface area contributed by atoms with Gasteiger partial charge in [-0.25, -0.2) is 9.59 Å². The Morgan fingerprint density at radius 3 is 2.47 bits per heavy atom. The molecule has 2 aromatic rings. The Kier molecular flexibility index (Phi) is 14.5. The number of carbonyl (C=O) groups excluding carboxylic acids is 1. The fourth-order valence-corrected chi connectivity index (χ4v) is 4.75. The second-order valence-electron chi connectivity index (χ2n) is 8.92. The topological polar surface area (TPSA) is 97.3 Å². The number of nitrogens with zero attached hydrogens (tertiary/aromatic N) is 1. The third-order valence-corrected chi connectivity index (χ3v) is 6.95. The van der Waals surface area contributed by atoms with E-state index in [0.29, 0.717) is 43.5 Å². The Bertz CT molecular complexity index is 986. The van der Waals surface area contributed by atoms with Gasteiger partial charge >= 0.3 is 12.0 Å². The number of hydrogen-bond donors (Lipinski definition) is 2. The highest BCUT2D eigenvalue weighted by Gasteiger charge is 2.18. The molecule has 0 fully saturated rings. The summed E-state index contributed by atoms with van der Waals surface area (Å²) in [5.41, 5.74) is 2.52. The molecule has 210 valence electrons. The van der Waals surface area contributed by atoms with E-state index in [1.165, 1.54) is 19.3 Å². The van der Waals surface area contributed by atoms with Gasteiger partial charge in [0, 0.05) is 25.3 Å². The normalized spacial score (nSPS) is 11.6. The molecule has 2 amide bonds. The van der Waals surface area contributed by atoms with Gasteiger partial charge in [-0.1, -0.05) is 38.0 Å². The highest BCUT2D eigenvalue weighted by molar-refractivity contribution is 7.99. The molecule has 9 heteroatoms. The third kappa shape index (κ3) is 11.2. The maximum atomic E-state index is 13.2. The first-order chi connectivity index (χ1) is 18.4. The van der Waals surface area contributed by atoms with Crippen LogP contribution in [0.5, 0.6) is 11.5 Å². The average Bonchev–Trinajstić information content (AvgIpc) is 2.90. The molecule has 0 saturated heterocycles. The largest absolute Gasteiger partial charge is 0.495 e. The van der Waals surface area contributed by atoms with Crippen molar-refractivity contribution in [2.24, 2.45) is 0 Å². The number of urea groups is 1. The van der Waals surface area contributed by atoms with Crippen LogP contribution in [0.4, 0.5) is 10.5 Å². The summed E-state index contributed by atoms with van der Waals surface area (Å²) >= 11 is 1.86.